The highest BCUT2D eigenvalue weighted by molar-refractivity contribution is 6.38. The third-order valence-corrected chi connectivity index (χ3v) is 10.9. The zero-order chi connectivity index (χ0) is 38.1. The van der Waals surface area contributed by atoms with Crippen LogP contribution in [0.25, 0.3) is 0 Å². The molecule has 12 nitrogen and oxygen atoms in total. The predicted octanol–water partition coefficient (Wildman–Crippen LogP) is 3.34. The Balaban J connectivity index is 1.51. The van der Waals surface area contributed by atoms with E-state index in [2.05, 4.69) is 41.7 Å². The van der Waals surface area contributed by atoms with Gasteiger partial charge in [0, 0.05) is 26.2 Å². The first-order valence-corrected chi connectivity index (χ1v) is 18.2. The smallest absolute Gasteiger partial charge is 0.315 e. The van der Waals surface area contributed by atoms with Crippen molar-refractivity contribution < 1.29 is 28.8 Å². The van der Waals surface area contributed by atoms with Crippen molar-refractivity contribution in [2.24, 2.45) is 28.1 Å². The molecule has 1 aromatic carbocycles. The summed E-state index contributed by atoms with van der Waals surface area (Å²) >= 11 is 0. The van der Waals surface area contributed by atoms with Crippen molar-refractivity contribution >= 4 is 35.4 Å². The van der Waals surface area contributed by atoms with Crippen LogP contribution in [0, 0.1) is 28.1 Å². The Hall–Kier alpha value is -4.22. The van der Waals surface area contributed by atoms with E-state index in [1.807, 2.05) is 72.7 Å². The number of likely N-dealkylation sites (tertiary alicyclic amines) is 1. The lowest BCUT2D eigenvalue weighted by atomic mass is 9.84. The molecule has 6 amide bonds. The van der Waals surface area contributed by atoms with Crippen molar-refractivity contribution in [1.29, 1.82) is 0 Å². The number of hydrogen-bond donors (Lipinski definition) is 4. The number of fused-ring (bicyclic) bond motifs is 2. The summed E-state index contributed by atoms with van der Waals surface area (Å²) in [5.41, 5.74) is 0.749. The second-order valence-corrected chi connectivity index (χ2v) is 17.2. The highest BCUT2D eigenvalue weighted by atomic mass is 16.2. The van der Waals surface area contributed by atoms with Crippen LogP contribution in [0.15, 0.2) is 36.9 Å². The molecular weight excluding hydrogens is 648 g/mol. The highest BCUT2D eigenvalue weighted by Crippen LogP contribution is 2.65. The maximum atomic E-state index is 14.5. The maximum Gasteiger partial charge on any atom is 0.315 e. The fourth-order valence-electron chi connectivity index (χ4n) is 7.56. The first-order valence-electron chi connectivity index (χ1n) is 18.2. The number of nitrogens with zero attached hydrogens (tertiary/aromatic N) is 2. The zero-order valence-electron chi connectivity index (χ0n) is 31.9. The number of piperidine rings is 1. The molecule has 3 aliphatic rings. The molecule has 4 N–H and O–H groups in total. The Morgan fingerprint density at radius 1 is 0.980 bits per heavy atom. The molecule has 1 aromatic rings. The van der Waals surface area contributed by atoms with Crippen molar-refractivity contribution in [2.75, 3.05) is 19.6 Å². The molecule has 0 radical (unpaired) electrons. The van der Waals surface area contributed by atoms with Gasteiger partial charge in [-0.3, -0.25) is 24.0 Å². The molecule has 12 heteroatoms. The second-order valence-electron chi connectivity index (χ2n) is 17.2. The van der Waals surface area contributed by atoms with Crippen LogP contribution in [0.2, 0.25) is 0 Å². The number of urea groups is 1. The van der Waals surface area contributed by atoms with Crippen LogP contribution < -0.4 is 21.3 Å². The normalized spacial score (nSPS) is 22.5. The molecule has 2 aliphatic heterocycles. The van der Waals surface area contributed by atoms with E-state index in [1.54, 1.807) is 9.80 Å². The Labute approximate surface area is 302 Å². The average molecular weight is 707 g/mol. The summed E-state index contributed by atoms with van der Waals surface area (Å²) in [6.07, 6.45) is 2.59. The largest absolute Gasteiger partial charge is 0.346 e. The van der Waals surface area contributed by atoms with Gasteiger partial charge in [-0.1, -0.05) is 99.1 Å². The van der Waals surface area contributed by atoms with Crippen LogP contribution in [0.5, 0.6) is 0 Å². The number of ketones is 1. The van der Waals surface area contributed by atoms with Crippen molar-refractivity contribution in [2.45, 2.75) is 112 Å². The average Bonchev–Trinajstić information content (AvgIpc) is 3.35. The number of nitrogens with one attached hydrogen (secondary N) is 4. The highest BCUT2D eigenvalue weighted by Gasteiger charge is 2.70. The van der Waals surface area contributed by atoms with Crippen molar-refractivity contribution in [1.82, 2.24) is 31.1 Å². The molecule has 6 atom stereocenters. The number of benzene rings is 1. The van der Waals surface area contributed by atoms with Gasteiger partial charge in [-0.05, 0) is 45.6 Å². The fraction of sp³-hybridized carbons (Fsp3) is 0.641. The van der Waals surface area contributed by atoms with Crippen molar-refractivity contribution in [3.05, 3.63) is 48.0 Å². The van der Waals surface area contributed by atoms with E-state index >= 15 is 0 Å². The summed E-state index contributed by atoms with van der Waals surface area (Å²) < 4.78 is 0. The molecule has 1 unspecified atom stereocenters. The molecule has 2 heterocycles. The van der Waals surface area contributed by atoms with E-state index in [0.717, 1.165) is 11.1 Å². The zero-order valence-corrected chi connectivity index (χ0v) is 31.9. The molecule has 1 saturated carbocycles. The molecule has 4 rings (SSSR count). The van der Waals surface area contributed by atoms with Gasteiger partial charge >= 0.3 is 6.03 Å². The van der Waals surface area contributed by atoms with Crippen LogP contribution in [-0.2, 0) is 36.9 Å². The van der Waals surface area contributed by atoms with Crippen molar-refractivity contribution in [3.8, 4) is 0 Å². The Morgan fingerprint density at radius 2 is 1.63 bits per heavy atom. The molecule has 0 aromatic heterocycles. The SMILES string of the molecule is C=CCNC(=O)C(=O)C(CCC)NC(=O)[C@@H]1[C@@H]2[C@H](CN1C(=O)[C@@H](NC(=O)N[C@@H](CN1Cc3ccccc3CC1=O)C(C)(C)C)C(C)(C)C)C2(C)C. The van der Waals surface area contributed by atoms with Gasteiger partial charge in [0.1, 0.15) is 12.1 Å². The summed E-state index contributed by atoms with van der Waals surface area (Å²) in [5, 5.41) is 11.3. The number of amides is 6. The summed E-state index contributed by atoms with van der Waals surface area (Å²) in [7, 11) is 0. The molecule has 51 heavy (non-hydrogen) atoms. The number of rotatable bonds is 13. The van der Waals surface area contributed by atoms with Gasteiger partial charge in [-0.2, -0.15) is 0 Å². The predicted molar refractivity (Wildman–Crippen MR) is 195 cm³/mol. The van der Waals surface area contributed by atoms with E-state index in [-0.39, 0.29) is 36.1 Å². The Morgan fingerprint density at radius 3 is 2.22 bits per heavy atom. The third kappa shape index (κ3) is 8.81. The number of carbonyl (C=O) groups excluding carboxylic acids is 6. The lowest BCUT2D eigenvalue weighted by Gasteiger charge is -2.40. The topological polar surface area (TPSA) is 157 Å². The summed E-state index contributed by atoms with van der Waals surface area (Å²) in [5.74, 6) is -2.50. The van der Waals surface area contributed by atoms with Crippen LogP contribution >= 0.6 is 0 Å². The molecule has 1 saturated heterocycles. The standard InChI is InChI=1S/C39H58N6O6/c1-11-15-26(31(47)34(49)40-18-12-2)41-33(48)30-29-25(39(29,9)10)21-45(30)35(50)32(38(6,7)8)43-36(51)42-27(37(3,4)5)22-44-20-24-17-14-13-16-23(24)19-28(44)46/h12-14,16-17,25-27,29-30,32H,2,11,15,18-22H2,1,3-10H3,(H,40,49)(H,41,48)(H2,42,43,51)/t25-,26?,27-,29-,30-,32+/m0/s1. The van der Waals surface area contributed by atoms with Crippen LogP contribution in [0.1, 0.15) is 86.3 Å². The van der Waals surface area contributed by atoms with Gasteiger partial charge in [0.2, 0.25) is 23.5 Å². The Bertz CT molecular complexity index is 1540. The summed E-state index contributed by atoms with van der Waals surface area (Å²) in [4.78, 5) is 84.2. The molecule has 2 fully saturated rings. The number of Topliss-reactive ketones (excluding diaryl/α,β-unsaturated/α-hetero) is 1. The van der Waals surface area contributed by atoms with Gasteiger partial charge in [-0.25, -0.2) is 4.79 Å². The summed E-state index contributed by atoms with van der Waals surface area (Å²) in [6, 6.07) is 3.98. The minimum Gasteiger partial charge on any atom is -0.346 e. The van der Waals surface area contributed by atoms with E-state index in [4.69, 9.17) is 0 Å². The van der Waals surface area contributed by atoms with Gasteiger partial charge < -0.3 is 31.1 Å². The van der Waals surface area contributed by atoms with E-state index < -0.39 is 64.5 Å². The van der Waals surface area contributed by atoms with Crippen molar-refractivity contribution in [3.63, 3.8) is 0 Å². The van der Waals surface area contributed by atoms with Crippen LogP contribution in [-0.4, -0.2) is 89.0 Å². The molecule has 0 bridgehead atoms. The lowest BCUT2D eigenvalue weighted by molar-refractivity contribution is -0.145. The third-order valence-electron chi connectivity index (χ3n) is 10.9. The first kappa shape index (κ1) is 39.6. The minimum absolute atomic E-state index is 0.00647. The molecule has 1 aliphatic carbocycles. The quantitative estimate of drug-likeness (QED) is 0.182. The Kier molecular flexibility index (Phi) is 11.8. The minimum atomic E-state index is -1.04. The van der Waals surface area contributed by atoms with Crippen LogP contribution in [0.4, 0.5) is 4.79 Å². The van der Waals surface area contributed by atoms with Crippen LogP contribution in [0.3, 0.4) is 0 Å². The van der Waals surface area contributed by atoms with E-state index in [1.165, 1.54) is 6.08 Å². The maximum absolute atomic E-state index is 14.5. The van der Waals surface area contributed by atoms with Gasteiger partial charge in [-0.15, -0.1) is 6.58 Å². The molecular formula is C39H58N6O6. The fourth-order valence-corrected chi connectivity index (χ4v) is 7.56. The van der Waals surface area contributed by atoms with Gasteiger partial charge in [0.25, 0.3) is 5.91 Å². The molecule has 280 valence electrons. The number of hydrogen-bond acceptors (Lipinski definition) is 6. The summed E-state index contributed by atoms with van der Waals surface area (Å²) in [6.45, 7) is 22.3. The first-order chi connectivity index (χ1) is 23.7. The number of carbonyl (C=O) groups is 6. The molecule has 0 spiro atoms. The van der Waals surface area contributed by atoms with Gasteiger partial charge in [0.15, 0.2) is 0 Å². The van der Waals surface area contributed by atoms with E-state index in [0.29, 0.717) is 32.5 Å². The van der Waals surface area contributed by atoms with E-state index in [9.17, 15) is 28.8 Å². The second kappa shape index (κ2) is 15.2. The lowest BCUT2D eigenvalue weighted by Crippen LogP contribution is -2.63. The monoisotopic (exact) mass is 706 g/mol. The van der Waals surface area contributed by atoms with Gasteiger partial charge in [0.05, 0.1) is 18.5 Å².